The van der Waals surface area contributed by atoms with Crippen molar-refractivity contribution < 1.29 is 29.2 Å². The lowest BCUT2D eigenvalue weighted by Crippen LogP contribution is -2.43. The van der Waals surface area contributed by atoms with Crippen molar-refractivity contribution in [3.05, 3.63) is 32.6 Å². The summed E-state index contributed by atoms with van der Waals surface area (Å²) < 4.78 is 22.7. The highest BCUT2D eigenvalue weighted by Crippen LogP contribution is 2.31. The van der Waals surface area contributed by atoms with Gasteiger partial charge in [-0.15, -0.1) is 0 Å². The zero-order chi connectivity index (χ0) is 18.6. The van der Waals surface area contributed by atoms with E-state index >= 15 is 0 Å². The number of methoxy groups -OCH3 is 2. The standard InChI is InChI=1S/C15H24N2O8/c1-8-4-17(15(21)16-13(8)20)14-12(11(19)10(5-18)25-14)24-9(6-22-2)7-23-3/h4,9-12,14,18-19H,5-7H2,1-3H3,(H,16,20,21)/t10-,11+,12?,14-/m1/s1. The number of ether oxygens (including phenoxy) is 4. The summed E-state index contributed by atoms with van der Waals surface area (Å²) in [7, 11) is 2.99. The van der Waals surface area contributed by atoms with Crippen LogP contribution in [0.15, 0.2) is 15.8 Å². The Kier molecular flexibility index (Phi) is 6.87. The van der Waals surface area contributed by atoms with E-state index in [1.54, 1.807) is 0 Å². The van der Waals surface area contributed by atoms with E-state index in [4.69, 9.17) is 18.9 Å². The number of hydrogen-bond donors (Lipinski definition) is 3. The van der Waals surface area contributed by atoms with Crippen LogP contribution >= 0.6 is 0 Å². The van der Waals surface area contributed by atoms with Gasteiger partial charge in [0.2, 0.25) is 0 Å². The van der Waals surface area contributed by atoms with E-state index in [-0.39, 0.29) is 13.2 Å². The van der Waals surface area contributed by atoms with Gasteiger partial charge in [0.15, 0.2) is 6.23 Å². The molecule has 1 aliphatic heterocycles. The number of aryl methyl sites for hydroxylation is 1. The number of nitrogens with one attached hydrogen (secondary N) is 1. The lowest BCUT2D eigenvalue weighted by molar-refractivity contribution is -0.132. The first-order valence-corrected chi connectivity index (χ1v) is 7.82. The van der Waals surface area contributed by atoms with Crippen LogP contribution in [-0.4, -0.2) is 78.2 Å². The minimum atomic E-state index is -1.18. The number of rotatable bonds is 8. The highest BCUT2D eigenvalue weighted by atomic mass is 16.6. The number of aromatic amines is 1. The van der Waals surface area contributed by atoms with E-state index in [2.05, 4.69) is 4.98 Å². The summed E-state index contributed by atoms with van der Waals surface area (Å²) in [5.74, 6) is 0. The van der Waals surface area contributed by atoms with Gasteiger partial charge in [-0.25, -0.2) is 4.79 Å². The molecule has 10 nitrogen and oxygen atoms in total. The van der Waals surface area contributed by atoms with Crippen LogP contribution in [0.1, 0.15) is 11.8 Å². The van der Waals surface area contributed by atoms with Crippen LogP contribution in [0, 0.1) is 6.92 Å². The van der Waals surface area contributed by atoms with Crippen LogP contribution in [-0.2, 0) is 18.9 Å². The molecule has 2 heterocycles. The molecule has 1 unspecified atom stereocenters. The van der Waals surface area contributed by atoms with Crippen LogP contribution in [0.4, 0.5) is 0 Å². The molecule has 1 aromatic heterocycles. The van der Waals surface area contributed by atoms with Crippen molar-refractivity contribution in [1.29, 1.82) is 0 Å². The monoisotopic (exact) mass is 360 g/mol. The first-order chi connectivity index (χ1) is 11.9. The number of nitrogens with zero attached hydrogens (tertiary/aromatic N) is 1. The van der Waals surface area contributed by atoms with Crippen LogP contribution in [0.2, 0.25) is 0 Å². The summed E-state index contributed by atoms with van der Waals surface area (Å²) in [6.45, 7) is 1.49. The highest BCUT2D eigenvalue weighted by molar-refractivity contribution is 5.03. The average molecular weight is 360 g/mol. The Morgan fingerprint density at radius 2 is 1.96 bits per heavy atom. The van der Waals surface area contributed by atoms with E-state index in [0.29, 0.717) is 5.56 Å². The molecule has 142 valence electrons. The molecule has 0 amide bonds. The fraction of sp³-hybridized carbons (Fsp3) is 0.733. The minimum Gasteiger partial charge on any atom is -0.394 e. The van der Waals surface area contributed by atoms with E-state index in [1.807, 2.05) is 0 Å². The summed E-state index contributed by atoms with van der Waals surface area (Å²) in [5.41, 5.74) is -0.906. The van der Waals surface area contributed by atoms with E-state index in [0.717, 1.165) is 4.57 Å². The van der Waals surface area contributed by atoms with Crippen molar-refractivity contribution >= 4 is 0 Å². The molecular weight excluding hydrogens is 336 g/mol. The molecule has 1 aromatic rings. The van der Waals surface area contributed by atoms with Crippen LogP contribution in [0.5, 0.6) is 0 Å². The second-order valence-corrected chi connectivity index (χ2v) is 5.85. The first-order valence-electron chi connectivity index (χ1n) is 7.82. The summed E-state index contributed by atoms with van der Waals surface area (Å²) in [4.78, 5) is 25.9. The lowest BCUT2D eigenvalue weighted by Gasteiger charge is -2.27. The Morgan fingerprint density at radius 1 is 1.32 bits per heavy atom. The van der Waals surface area contributed by atoms with Gasteiger partial charge in [-0.05, 0) is 6.92 Å². The molecule has 0 saturated carbocycles. The molecule has 3 N–H and O–H groups in total. The van der Waals surface area contributed by atoms with Crippen LogP contribution < -0.4 is 11.2 Å². The Morgan fingerprint density at radius 3 is 2.52 bits per heavy atom. The number of aromatic nitrogens is 2. The maximum absolute atomic E-state index is 12.1. The van der Waals surface area contributed by atoms with Crippen LogP contribution in [0.3, 0.4) is 0 Å². The average Bonchev–Trinajstić information content (AvgIpc) is 2.87. The Hall–Kier alpha value is -1.56. The zero-order valence-electron chi connectivity index (χ0n) is 14.4. The number of hydrogen-bond acceptors (Lipinski definition) is 8. The zero-order valence-corrected chi connectivity index (χ0v) is 14.4. The van der Waals surface area contributed by atoms with Gasteiger partial charge in [-0.2, -0.15) is 0 Å². The van der Waals surface area contributed by atoms with E-state index < -0.39 is 48.5 Å². The van der Waals surface area contributed by atoms with Crippen molar-refractivity contribution in [1.82, 2.24) is 9.55 Å². The van der Waals surface area contributed by atoms with Gasteiger partial charge in [0.25, 0.3) is 5.56 Å². The molecule has 10 heteroatoms. The topological polar surface area (TPSA) is 132 Å². The molecule has 2 rings (SSSR count). The normalized spacial score (nSPS) is 26.5. The summed E-state index contributed by atoms with van der Waals surface area (Å²) >= 11 is 0. The Bertz CT molecular complexity index is 666. The predicted molar refractivity (Wildman–Crippen MR) is 85.5 cm³/mol. The second kappa shape index (κ2) is 8.70. The quantitative estimate of drug-likeness (QED) is 0.492. The van der Waals surface area contributed by atoms with Gasteiger partial charge in [-0.1, -0.05) is 0 Å². The lowest BCUT2D eigenvalue weighted by atomic mass is 10.1. The van der Waals surface area contributed by atoms with Gasteiger partial charge in [-0.3, -0.25) is 14.3 Å². The fourth-order valence-corrected chi connectivity index (χ4v) is 2.74. The molecule has 0 aromatic carbocycles. The maximum atomic E-state index is 12.1. The first kappa shape index (κ1) is 19.8. The third kappa shape index (κ3) is 4.35. The largest absolute Gasteiger partial charge is 0.394 e. The SMILES string of the molecule is COCC(COC)OC1[C@@H](O)[C@@H](CO)O[C@H]1n1cc(C)c(=O)[nH]c1=O. The van der Waals surface area contributed by atoms with Crippen molar-refractivity contribution in [2.45, 2.75) is 37.6 Å². The highest BCUT2D eigenvalue weighted by Gasteiger charge is 2.46. The van der Waals surface area contributed by atoms with Crippen molar-refractivity contribution in [3.8, 4) is 0 Å². The number of aliphatic hydroxyl groups excluding tert-OH is 2. The van der Waals surface area contributed by atoms with Gasteiger partial charge >= 0.3 is 5.69 Å². The number of H-pyrrole nitrogens is 1. The van der Waals surface area contributed by atoms with Crippen LogP contribution in [0.25, 0.3) is 0 Å². The second-order valence-electron chi connectivity index (χ2n) is 5.85. The molecule has 0 radical (unpaired) electrons. The van der Waals surface area contributed by atoms with Gasteiger partial charge in [0, 0.05) is 26.0 Å². The van der Waals surface area contributed by atoms with Gasteiger partial charge in [0.1, 0.15) is 24.4 Å². The fourth-order valence-electron chi connectivity index (χ4n) is 2.74. The molecule has 1 fully saturated rings. The third-order valence-electron chi connectivity index (χ3n) is 3.97. The van der Waals surface area contributed by atoms with Gasteiger partial charge in [0.05, 0.1) is 19.8 Å². The molecule has 0 bridgehead atoms. The predicted octanol–water partition coefficient (Wildman–Crippen LogP) is -1.86. The molecule has 25 heavy (non-hydrogen) atoms. The molecule has 0 aliphatic carbocycles. The minimum absolute atomic E-state index is 0.202. The molecular formula is C15H24N2O8. The Balaban J connectivity index is 2.35. The smallest absolute Gasteiger partial charge is 0.330 e. The summed E-state index contributed by atoms with van der Waals surface area (Å²) in [6.07, 6.45) is -3.28. The molecule has 1 saturated heterocycles. The van der Waals surface area contributed by atoms with Crippen molar-refractivity contribution in [2.75, 3.05) is 34.0 Å². The number of aliphatic hydroxyl groups is 2. The van der Waals surface area contributed by atoms with Gasteiger partial charge < -0.3 is 29.2 Å². The maximum Gasteiger partial charge on any atom is 0.330 e. The summed E-state index contributed by atoms with van der Waals surface area (Å²) in [5, 5.41) is 19.8. The van der Waals surface area contributed by atoms with E-state index in [9.17, 15) is 19.8 Å². The van der Waals surface area contributed by atoms with E-state index in [1.165, 1.54) is 27.3 Å². The van der Waals surface area contributed by atoms with Crippen molar-refractivity contribution in [2.24, 2.45) is 0 Å². The third-order valence-corrected chi connectivity index (χ3v) is 3.97. The van der Waals surface area contributed by atoms with Crippen molar-refractivity contribution in [3.63, 3.8) is 0 Å². The molecule has 1 aliphatic rings. The Labute approximate surface area is 143 Å². The molecule has 0 spiro atoms. The molecule has 4 atom stereocenters. The summed E-state index contributed by atoms with van der Waals surface area (Å²) in [6, 6.07) is 0.